The molecule has 0 radical (unpaired) electrons. The summed E-state index contributed by atoms with van der Waals surface area (Å²) in [4.78, 5) is 18.6. The minimum Gasteiger partial charge on any atom is -0.383 e. The van der Waals surface area contributed by atoms with Crippen molar-refractivity contribution in [1.29, 1.82) is 0 Å². The lowest BCUT2D eigenvalue weighted by molar-refractivity contribution is -0.222. The molecule has 1 fully saturated rings. The summed E-state index contributed by atoms with van der Waals surface area (Å²) in [6.45, 7) is 2.64. The van der Waals surface area contributed by atoms with Gasteiger partial charge in [-0.05, 0) is 25.7 Å². The van der Waals surface area contributed by atoms with Crippen LogP contribution in [0, 0.1) is 12.8 Å². The standard InChI is InChI=1S/C13H18F3N3O2S/c1-8-6-17-10(22-8)7-18-12(21)19-4-2-9(3-5-19)11(20)13(14,15)16/h6,9,11,20H,2-5,7H2,1H3,(H,18,21). The zero-order valence-electron chi connectivity index (χ0n) is 12.1. The minimum atomic E-state index is -4.60. The molecule has 1 aliphatic rings. The lowest BCUT2D eigenvalue weighted by Gasteiger charge is -2.34. The smallest absolute Gasteiger partial charge is 0.383 e. The van der Waals surface area contributed by atoms with Gasteiger partial charge in [-0.1, -0.05) is 0 Å². The lowest BCUT2D eigenvalue weighted by Crippen LogP contribution is -2.48. The summed E-state index contributed by atoms with van der Waals surface area (Å²) in [7, 11) is 0. The monoisotopic (exact) mass is 337 g/mol. The number of hydrogen-bond acceptors (Lipinski definition) is 4. The van der Waals surface area contributed by atoms with E-state index in [1.165, 1.54) is 16.2 Å². The number of aryl methyl sites for hydroxylation is 1. The van der Waals surface area contributed by atoms with Crippen LogP contribution < -0.4 is 5.32 Å². The van der Waals surface area contributed by atoms with Crippen LogP contribution in [-0.4, -0.2) is 46.4 Å². The van der Waals surface area contributed by atoms with Crippen LogP contribution in [0.1, 0.15) is 22.7 Å². The highest BCUT2D eigenvalue weighted by molar-refractivity contribution is 7.11. The number of likely N-dealkylation sites (tertiary alicyclic amines) is 1. The molecule has 0 spiro atoms. The number of hydrogen-bond donors (Lipinski definition) is 2. The lowest BCUT2D eigenvalue weighted by atomic mass is 9.91. The summed E-state index contributed by atoms with van der Waals surface area (Å²) >= 11 is 1.48. The Morgan fingerprint density at radius 3 is 2.68 bits per heavy atom. The molecule has 1 aromatic rings. The Bertz CT molecular complexity index is 513. The van der Waals surface area contributed by atoms with Crippen molar-refractivity contribution in [1.82, 2.24) is 15.2 Å². The maximum absolute atomic E-state index is 12.5. The number of nitrogens with one attached hydrogen (secondary N) is 1. The average molecular weight is 337 g/mol. The third-order valence-corrected chi connectivity index (χ3v) is 4.58. The van der Waals surface area contributed by atoms with Crippen LogP contribution >= 0.6 is 11.3 Å². The number of carbonyl (C=O) groups is 1. The van der Waals surface area contributed by atoms with E-state index in [2.05, 4.69) is 10.3 Å². The second kappa shape index (κ2) is 6.82. The second-order valence-electron chi connectivity index (χ2n) is 5.33. The number of halogens is 3. The molecule has 0 aromatic carbocycles. The van der Waals surface area contributed by atoms with E-state index in [0.717, 1.165) is 9.88 Å². The topological polar surface area (TPSA) is 65.5 Å². The molecule has 0 bridgehead atoms. The Labute approximate surface area is 130 Å². The first-order chi connectivity index (χ1) is 10.3. The van der Waals surface area contributed by atoms with Crippen LogP contribution in [0.5, 0.6) is 0 Å². The number of aromatic nitrogens is 1. The van der Waals surface area contributed by atoms with Crippen LogP contribution in [0.25, 0.3) is 0 Å². The number of alkyl halides is 3. The molecule has 22 heavy (non-hydrogen) atoms. The summed E-state index contributed by atoms with van der Waals surface area (Å²) in [5.41, 5.74) is 0. The molecule has 1 saturated heterocycles. The molecule has 2 heterocycles. The fourth-order valence-electron chi connectivity index (χ4n) is 2.43. The molecule has 2 N–H and O–H groups in total. The van der Waals surface area contributed by atoms with Gasteiger partial charge in [-0.3, -0.25) is 0 Å². The maximum atomic E-state index is 12.5. The van der Waals surface area contributed by atoms with Crippen molar-refractivity contribution in [2.45, 2.75) is 38.6 Å². The first-order valence-electron chi connectivity index (χ1n) is 6.96. The molecular weight excluding hydrogens is 319 g/mol. The zero-order chi connectivity index (χ0) is 16.3. The molecule has 2 rings (SSSR count). The highest BCUT2D eigenvalue weighted by atomic mass is 32.1. The molecular formula is C13H18F3N3O2S. The van der Waals surface area contributed by atoms with E-state index in [1.807, 2.05) is 6.92 Å². The number of nitrogens with zero attached hydrogens (tertiary/aromatic N) is 2. The van der Waals surface area contributed by atoms with Gasteiger partial charge in [0.05, 0.1) is 6.54 Å². The molecule has 124 valence electrons. The molecule has 0 aliphatic carbocycles. The van der Waals surface area contributed by atoms with Gasteiger partial charge in [-0.25, -0.2) is 9.78 Å². The van der Waals surface area contributed by atoms with Crippen molar-refractivity contribution >= 4 is 17.4 Å². The van der Waals surface area contributed by atoms with Crippen molar-refractivity contribution in [3.05, 3.63) is 16.1 Å². The number of aliphatic hydroxyl groups is 1. The molecule has 5 nitrogen and oxygen atoms in total. The normalized spacial score (nSPS) is 18.3. The fourth-order valence-corrected chi connectivity index (χ4v) is 3.16. The summed E-state index contributed by atoms with van der Waals surface area (Å²) in [6, 6.07) is -0.312. The third-order valence-electron chi connectivity index (χ3n) is 3.67. The summed E-state index contributed by atoms with van der Waals surface area (Å²) in [5.74, 6) is -0.842. The highest BCUT2D eigenvalue weighted by Gasteiger charge is 2.44. The Balaban J connectivity index is 1.77. The van der Waals surface area contributed by atoms with Gasteiger partial charge in [-0.2, -0.15) is 13.2 Å². The molecule has 1 unspecified atom stereocenters. The van der Waals surface area contributed by atoms with E-state index in [9.17, 15) is 23.1 Å². The first kappa shape index (κ1) is 17.0. The Kier molecular flexibility index (Phi) is 5.28. The SMILES string of the molecule is Cc1cnc(CNC(=O)N2CCC(C(O)C(F)(F)F)CC2)s1. The number of amides is 2. The van der Waals surface area contributed by atoms with Gasteiger partial charge in [-0.15, -0.1) is 11.3 Å². The van der Waals surface area contributed by atoms with Crippen LogP contribution in [0.2, 0.25) is 0 Å². The van der Waals surface area contributed by atoms with Gasteiger partial charge in [0.1, 0.15) is 5.01 Å². The number of rotatable bonds is 3. The number of carbonyl (C=O) groups excluding carboxylic acids is 1. The van der Waals surface area contributed by atoms with E-state index in [-0.39, 0.29) is 32.0 Å². The van der Waals surface area contributed by atoms with Crippen LogP contribution in [0.15, 0.2) is 6.20 Å². The molecule has 0 saturated carbocycles. The zero-order valence-corrected chi connectivity index (χ0v) is 12.9. The summed E-state index contributed by atoms with van der Waals surface area (Å²) in [5, 5.41) is 12.7. The third kappa shape index (κ3) is 4.33. The summed E-state index contributed by atoms with van der Waals surface area (Å²) in [6.07, 6.45) is -4.90. The summed E-state index contributed by atoms with van der Waals surface area (Å²) < 4.78 is 37.4. The predicted molar refractivity (Wildman–Crippen MR) is 75.4 cm³/mol. The molecule has 1 atom stereocenters. The largest absolute Gasteiger partial charge is 0.414 e. The van der Waals surface area contributed by atoms with Crippen molar-refractivity contribution in [2.24, 2.45) is 5.92 Å². The van der Waals surface area contributed by atoms with Gasteiger partial charge in [0.2, 0.25) is 0 Å². The molecule has 9 heteroatoms. The van der Waals surface area contributed by atoms with Gasteiger partial charge in [0.15, 0.2) is 6.10 Å². The average Bonchev–Trinajstić information content (AvgIpc) is 2.89. The van der Waals surface area contributed by atoms with Gasteiger partial charge in [0.25, 0.3) is 0 Å². The minimum absolute atomic E-state index is 0.143. The first-order valence-corrected chi connectivity index (χ1v) is 7.78. The molecule has 1 aromatic heterocycles. The van der Waals surface area contributed by atoms with Crippen molar-refractivity contribution < 1.29 is 23.1 Å². The number of aliphatic hydroxyl groups excluding tert-OH is 1. The quantitative estimate of drug-likeness (QED) is 0.889. The van der Waals surface area contributed by atoms with E-state index in [0.29, 0.717) is 6.54 Å². The Morgan fingerprint density at radius 2 is 2.18 bits per heavy atom. The van der Waals surface area contributed by atoms with Gasteiger partial charge in [0, 0.05) is 24.2 Å². The van der Waals surface area contributed by atoms with E-state index >= 15 is 0 Å². The van der Waals surface area contributed by atoms with Crippen LogP contribution in [-0.2, 0) is 6.54 Å². The second-order valence-corrected chi connectivity index (χ2v) is 6.65. The van der Waals surface area contributed by atoms with Gasteiger partial charge < -0.3 is 15.3 Å². The van der Waals surface area contributed by atoms with E-state index in [1.54, 1.807) is 6.20 Å². The van der Waals surface area contributed by atoms with Gasteiger partial charge >= 0.3 is 12.2 Å². The molecule has 2 amide bonds. The fraction of sp³-hybridized carbons (Fsp3) is 0.692. The van der Waals surface area contributed by atoms with Crippen LogP contribution in [0.3, 0.4) is 0 Å². The maximum Gasteiger partial charge on any atom is 0.414 e. The van der Waals surface area contributed by atoms with Crippen LogP contribution in [0.4, 0.5) is 18.0 Å². The van der Waals surface area contributed by atoms with E-state index < -0.39 is 18.2 Å². The van der Waals surface area contributed by atoms with E-state index in [4.69, 9.17) is 0 Å². The number of piperidine rings is 1. The number of urea groups is 1. The highest BCUT2D eigenvalue weighted by Crippen LogP contribution is 2.31. The van der Waals surface area contributed by atoms with Crippen molar-refractivity contribution in [3.63, 3.8) is 0 Å². The Morgan fingerprint density at radius 1 is 1.55 bits per heavy atom. The van der Waals surface area contributed by atoms with Crippen molar-refractivity contribution in [2.75, 3.05) is 13.1 Å². The molecule has 1 aliphatic heterocycles. The number of thiazole rings is 1. The predicted octanol–water partition coefficient (Wildman–Crippen LogP) is 2.30. The van der Waals surface area contributed by atoms with Crippen molar-refractivity contribution in [3.8, 4) is 0 Å². The Hall–Kier alpha value is -1.35.